The first-order chi connectivity index (χ1) is 8.08. The predicted molar refractivity (Wildman–Crippen MR) is 68.7 cm³/mol. The first-order valence-corrected chi connectivity index (χ1v) is 6.32. The van der Waals surface area contributed by atoms with Crippen LogP contribution in [-0.2, 0) is 6.42 Å². The normalized spacial score (nSPS) is 11.1. The lowest BCUT2D eigenvalue weighted by Crippen LogP contribution is -2.03. The lowest BCUT2D eigenvalue weighted by molar-refractivity contribution is 0.632. The summed E-state index contributed by atoms with van der Waals surface area (Å²) in [5.41, 5.74) is 0.881. The van der Waals surface area contributed by atoms with Gasteiger partial charge in [-0.05, 0) is 28.3 Å². The number of hydrogen-bond donors (Lipinski definition) is 1. The number of hydrogen-bond acceptors (Lipinski definition) is 4. The number of nitrogens with zero attached hydrogens (tertiary/aromatic N) is 4. The summed E-state index contributed by atoms with van der Waals surface area (Å²) in [5, 5.41) is 6.88. The average molecular weight is 317 g/mol. The summed E-state index contributed by atoms with van der Waals surface area (Å²) >= 11 is 9.46. The smallest absolute Gasteiger partial charge is 0.198 e. The van der Waals surface area contributed by atoms with E-state index in [9.17, 15) is 0 Å². The summed E-state index contributed by atoms with van der Waals surface area (Å²) in [5.74, 6) is 1.47. The molecule has 5 nitrogen and oxygen atoms in total. The summed E-state index contributed by atoms with van der Waals surface area (Å²) in [7, 11) is 0. The maximum atomic E-state index is 6.06. The fourth-order valence-electron chi connectivity index (χ4n) is 1.40. The zero-order valence-corrected chi connectivity index (χ0v) is 11.7. The molecule has 1 N–H and O–H groups in total. The van der Waals surface area contributed by atoms with Crippen molar-refractivity contribution in [3.63, 3.8) is 0 Å². The predicted octanol–water partition coefficient (Wildman–Crippen LogP) is 2.88. The highest BCUT2D eigenvalue weighted by atomic mass is 79.9. The van der Waals surface area contributed by atoms with Crippen LogP contribution in [0.25, 0.3) is 11.6 Å². The Morgan fingerprint density at radius 2 is 2.18 bits per heavy atom. The molecule has 90 valence electrons. The Morgan fingerprint density at radius 1 is 1.41 bits per heavy atom. The van der Waals surface area contributed by atoms with Gasteiger partial charge in [-0.3, -0.25) is 5.10 Å². The zero-order chi connectivity index (χ0) is 12.4. The van der Waals surface area contributed by atoms with Crippen molar-refractivity contribution in [1.29, 1.82) is 0 Å². The molecule has 0 aliphatic heterocycles. The third kappa shape index (κ3) is 2.81. The zero-order valence-electron chi connectivity index (χ0n) is 9.41. The van der Waals surface area contributed by atoms with E-state index in [0.29, 0.717) is 22.7 Å². The highest BCUT2D eigenvalue weighted by Crippen LogP contribution is 2.27. The molecule has 7 heteroatoms. The van der Waals surface area contributed by atoms with Gasteiger partial charge in [0.2, 0.25) is 0 Å². The van der Waals surface area contributed by atoms with Gasteiger partial charge in [0.1, 0.15) is 11.5 Å². The van der Waals surface area contributed by atoms with Gasteiger partial charge >= 0.3 is 0 Å². The van der Waals surface area contributed by atoms with Crippen molar-refractivity contribution in [3.05, 3.63) is 21.6 Å². The molecule has 0 bridgehead atoms. The van der Waals surface area contributed by atoms with Crippen LogP contribution < -0.4 is 0 Å². The minimum atomic E-state index is 0.391. The van der Waals surface area contributed by atoms with Crippen LogP contribution in [0.2, 0.25) is 5.15 Å². The van der Waals surface area contributed by atoms with E-state index in [2.05, 4.69) is 54.9 Å². The SMILES string of the molecule is CC(C)Cc1nc(-c2ncn[nH]2)nc(Cl)c1Br. The van der Waals surface area contributed by atoms with E-state index in [0.717, 1.165) is 16.6 Å². The number of aromatic nitrogens is 5. The maximum absolute atomic E-state index is 6.06. The Kier molecular flexibility index (Phi) is 3.73. The minimum Gasteiger partial charge on any atom is -0.257 e. The van der Waals surface area contributed by atoms with Crippen molar-refractivity contribution in [2.45, 2.75) is 20.3 Å². The van der Waals surface area contributed by atoms with Crippen LogP contribution in [0.3, 0.4) is 0 Å². The van der Waals surface area contributed by atoms with Crippen molar-refractivity contribution in [1.82, 2.24) is 25.1 Å². The van der Waals surface area contributed by atoms with Crippen LogP contribution in [0, 0.1) is 5.92 Å². The summed E-state index contributed by atoms with van der Waals surface area (Å²) in [6, 6.07) is 0. The summed E-state index contributed by atoms with van der Waals surface area (Å²) in [6.07, 6.45) is 2.24. The Labute approximate surface area is 112 Å². The van der Waals surface area contributed by atoms with E-state index in [1.165, 1.54) is 6.33 Å². The second-order valence-corrected chi connectivity index (χ2v) is 5.18. The number of halogens is 2. The van der Waals surface area contributed by atoms with Crippen molar-refractivity contribution in [3.8, 4) is 11.6 Å². The minimum absolute atomic E-state index is 0.391. The van der Waals surface area contributed by atoms with Gasteiger partial charge in [-0.2, -0.15) is 5.10 Å². The van der Waals surface area contributed by atoms with Gasteiger partial charge in [0, 0.05) is 0 Å². The van der Waals surface area contributed by atoms with Crippen LogP contribution in [-0.4, -0.2) is 25.1 Å². The fraction of sp³-hybridized carbons (Fsp3) is 0.400. The Hall–Kier alpha value is -1.01. The second kappa shape index (κ2) is 5.10. The maximum Gasteiger partial charge on any atom is 0.198 e. The molecule has 0 saturated carbocycles. The van der Waals surface area contributed by atoms with E-state index < -0.39 is 0 Å². The largest absolute Gasteiger partial charge is 0.257 e. The Balaban J connectivity index is 2.46. The molecule has 0 amide bonds. The van der Waals surface area contributed by atoms with Gasteiger partial charge in [0.25, 0.3) is 0 Å². The number of rotatable bonds is 3. The van der Waals surface area contributed by atoms with E-state index in [4.69, 9.17) is 11.6 Å². The summed E-state index contributed by atoms with van der Waals surface area (Å²) in [4.78, 5) is 12.6. The summed E-state index contributed by atoms with van der Waals surface area (Å²) in [6.45, 7) is 4.24. The van der Waals surface area contributed by atoms with Crippen LogP contribution in [0.4, 0.5) is 0 Å². The quantitative estimate of drug-likeness (QED) is 0.884. The molecule has 0 spiro atoms. The molecular weight excluding hydrogens is 306 g/mol. The van der Waals surface area contributed by atoms with E-state index in [1.807, 2.05) is 0 Å². The highest BCUT2D eigenvalue weighted by Gasteiger charge is 2.14. The van der Waals surface area contributed by atoms with Crippen LogP contribution >= 0.6 is 27.5 Å². The Bertz CT molecular complexity index is 512. The average Bonchev–Trinajstić information content (AvgIpc) is 2.77. The topological polar surface area (TPSA) is 67.3 Å². The molecule has 2 rings (SSSR count). The van der Waals surface area contributed by atoms with Crippen molar-refractivity contribution in [2.24, 2.45) is 5.92 Å². The first kappa shape index (κ1) is 12.4. The third-order valence-corrected chi connectivity index (χ3v) is 3.44. The molecule has 0 aliphatic rings. The molecular formula is C10H11BrClN5. The van der Waals surface area contributed by atoms with Gasteiger partial charge in [-0.1, -0.05) is 25.4 Å². The first-order valence-electron chi connectivity index (χ1n) is 5.15. The molecule has 2 aromatic heterocycles. The second-order valence-electron chi connectivity index (χ2n) is 4.03. The third-order valence-electron chi connectivity index (χ3n) is 2.11. The molecule has 0 radical (unpaired) electrons. The molecule has 0 fully saturated rings. The fourth-order valence-corrected chi connectivity index (χ4v) is 1.93. The lowest BCUT2D eigenvalue weighted by Gasteiger charge is -2.08. The molecule has 0 saturated heterocycles. The number of nitrogens with one attached hydrogen (secondary N) is 1. The summed E-state index contributed by atoms with van der Waals surface area (Å²) < 4.78 is 0.746. The van der Waals surface area contributed by atoms with Gasteiger partial charge < -0.3 is 0 Å². The van der Waals surface area contributed by atoms with Crippen LogP contribution in [0.1, 0.15) is 19.5 Å². The molecule has 2 heterocycles. The van der Waals surface area contributed by atoms with Gasteiger partial charge in [-0.25, -0.2) is 15.0 Å². The van der Waals surface area contributed by atoms with Gasteiger partial charge in [0.05, 0.1) is 10.2 Å². The van der Waals surface area contributed by atoms with Crippen molar-refractivity contribution >= 4 is 27.5 Å². The molecule has 0 aromatic carbocycles. The van der Waals surface area contributed by atoms with E-state index in [1.54, 1.807) is 0 Å². The van der Waals surface area contributed by atoms with Crippen LogP contribution in [0.5, 0.6) is 0 Å². The molecule has 0 aliphatic carbocycles. The van der Waals surface area contributed by atoms with E-state index in [-0.39, 0.29) is 0 Å². The molecule has 2 aromatic rings. The van der Waals surface area contributed by atoms with Gasteiger partial charge in [0.15, 0.2) is 11.6 Å². The van der Waals surface area contributed by atoms with Crippen molar-refractivity contribution in [2.75, 3.05) is 0 Å². The van der Waals surface area contributed by atoms with Crippen LogP contribution in [0.15, 0.2) is 10.8 Å². The number of aromatic amines is 1. The molecule has 0 atom stereocenters. The lowest BCUT2D eigenvalue weighted by atomic mass is 10.1. The van der Waals surface area contributed by atoms with Crippen molar-refractivity contribution < 1.29 is 0 Å². The highest BCUT2D eigenvalue weighted by molar-refractivity contribution is 9.10. The van der Waals surface area contributed by atoms with E-state index >= 15 is 0 Å². The molecule has 0 unspecified atom stereocenters. The van der Waals surface area contributed by atoms with Gasteiger partial charge in [-0.15, -0.1) is 0 Å². The Morgan fingerprint density at radius 3 is 2.76 bits per heavy atom. The standard InChI is InChI=1S/C10H11BrClN5/c1-5(2)3-6-7(11)8(12)16-10(15-6)9-13-4-14-17-9/h4-5H,3H2,1-2H3,(H,13,14,17). The monoisotopic (exact) mass is 315 g/mol. The molecule has 17 heavy (non-hydrogen) atoms. The number of H-pyrrole nitrogens is 1.